The van der Waals surface area contributed by atoms with Crippen molar-refractivity contribution in [2.45, 2.75) is 66.5 Å². The number of aryl methyl sites for hydroxylation is 3. The van der Waals surface area contributed by atoms with Crippen molar-refractivity contribution in [1.82, 2.24) is 9.97 Å². The molecule has 4 nitrogen and oxygen atoms in total. The lowest BCUT2D eigenvalue weighted by molar-refractivity contribution is 0.239. The van der Waals surface area contributed by atoms with Crippen LogP contribution in [0.1, 0.15) is 55.6 Å². The number of rotatable bonds is 7. The smallest absolute Gasteiger partial charge is 0.132 e. The summed E-state index contributed by atoms with van der Waals surface area (Å²) in [6.07, 6.45) is 5.00. The van der Waals surface area contributed by atoms with Crippen molar-refractivity contribution in [3.63, 3.8) is 0 Å². The first-order valence-electron chi connectivity index (χ1n) is 11.5. The van der Waals surface area contributed by atoms with E-state index in [1.54, 1.807) is 0 Å². The van der Waals surface area contributed by atoms with Gasteiger partial charge in [-0.15, -0.1) is 0 Å². The van der Waals surface area contributed by atoms with Crippen molar-refractivity contribution in [1.29, 1.82) is 0 Å². The molecule has 0 atom stereocenters. The van der Waals surface area contributed by atoms with Gasteiger partial charge in [0.05, 0.1) is 11.8 Å². The lowest BCUT2D eigenvalue weighted by Crippen LogP contribution is -2.22. The molecule has 4 rings (SSSR count). The van der Waals surface area contributed by atoms with Gasteiger partial charge in [-0.2, -0.15) is 0 Å². The van der Waals surface area contributed by atoms with Gasteiger partial charge in [-0.25, -0.2) is 4.98 Å². The van der Waals surface area contributed by atoms with Gasteiger partial charge >= 0.3 is 0 Å². The largest absolute Gasteiger partial charge is 0.491 e. The van der Waals surface area contributed by atoms with E-state index in [-0.39, 0.29) is 6.10 Å². The highest BCUT2D eigenvalue weighted by atomic mass is 16.5. The second-order valence-corrected chi connectivity index (χ2v) is 8.55. The predicted molar refractivity (Wildman–Crippen MR) is 128 cm³/mol. The number of hydrogen-bond acceptors (Lipinski definition) is 4. The van der Waals surface area contributed by atoms with Crippen LogP contribution in [-0.2, 0) is 25.8 Å². The molecule has 0 bridgehead atoms. The van der Waals surface area contributed by atoms with E-state index >= 15 is 0 Å². The molecule has 31 heavy (non-hydrogen) atoms. The van der Waals surface area contributed by atoms with Crippen molar-refractivity contribution in [2.75, 3.05) is 11.4 Å². The van der Waals surface area contributed by atoms with Gasteiger partial charge in [-0.1, -0.05) is 38.1 Å². The first-order valence-corrected chi connectivity index (χ1v) is 11.5. The number of pyridine rings is 2. The zero-order chi connectivity index (χ0) is 22.0. The van der Waals surface area contributed by atoms with Crippen molar-refractivity contribution in [3.8, 4) is 17.0 Å². The Morgan fingerprint density at radius 3 is 2.48 bits per heavy atom. The first kappa shape index (κ1) is 21.4. The van der Waals surface area contributed by atoms with Crippen LogP contribution in [0.2, 0.25) is 0 Å². The fraction of sp³-hybridized carbons (Fsp3) is 0.407. The Hall–Kier alpha value is -2.88. The molecule has 1 aromatic carbocycles. The van der Waals surface area contributed by atoms with Crippen LogP contribution in [0.15, 0.2) is 42.6 Å². The summed E-state index contributed by atoms with van der Waals surface area (Å²) in [6, 6.07) is 12.9. The maximum Gasteiger partial charge on any atom is 0.132 e. The van der Waals surface area contributed by atoms with Crippen molar-refractivity contribution < 1.29 is 4.74 Å². The van der Waals surface area contributed by atoms with Crippen LogP contribution in [0.3, 0.4) is 0 Å². The number of benzene rings is 1. The highest BCUT2D eigenvalue weighted by Crippen LogP contribution is 2.35. The summed E-state index contributed by atoms with van der Waals surface area (Å²) < 4.78 is 6.35. The molecular weight excluding hydrogens is 382 g/mol. The van der Waals surface area contributed by atoms with E-state index in [1.165, 1.54) is 22.3 Å². The number of aromatic nitrogens is 2. The van der Waals surface area contributed by atoms with E-state index in [2.05, 4.69) is 74.8 Å². The minimum atomic E-state index is 0.101. The van der Waals surface area contributed by atoms with E-state index in [1.807, 2.05) is 12.3 Å². The molecule has 0 fully saturated rings. The van der Waals surface area contributed by atoms with Crippen molar-refractivity contribution in [2.24, 2.45) is 0 Å². The molecule has 4 heteroatoms. The normalized spacial score (nSPS) is 13.0. The Labute approximate surface area is 186 Å². The van der Waals surface area contributed by atoms with Crippen LogP contribution >= 0.6 is 0 Å². The number of fused-ring (bicyclic) bond motifs is 1. The zero-order valence-electron chi connectivity index (χ0n) is 19.4. The zero-order valence-corrected chi connectivity index (χ0v) is 19.4. The average Bonchev–Trinajstić information content (AvgIpc) is 3.17. The third-order valence-electron chi connectivity index (χ3n) is 6.07. The van der Waals surface area contributed by atoms with Crippen molar-refractivity contribution >= 4 is 5.82 Å². The summed E-state index contributed by atoms with van der Waals surface area (Å²) in [5.41, 5.74) is 8.48. The van der Waals surface area contributed by atoms with Gasteiger partial charge in [0.2, 0.25) is 0 Å². The Balaban J connectivity index is 1.78. The van der Waals surface area contributed by atoms with Gasteiger partial charge in [0.25, 0.3) is 0 Å². The summed E-state index contributed by atoms with van der Waals surface area (Å²) in [5, 5.41) is 0. The lowest BCUT2D eigenvalue weighted by Gasteiger charge is -2.24. The topological polar surface area (TPSA) is 38.2 Å². The second kappa shape index (κ2) is 9.09. The predicted octanol–water partition coefficient (Wildman–Crippen LogP) is 5.93. The van der Waals surface area contributed by atoms with Crippen LogP contribution in [-0.4, -0.2) is 22.6 Å². The maximum atomic E-state index is 6.35. The number of anilines is 1. The van der Waals surface area contributed by atoms with Gasteiger partial charge in [0, 0.05) is 42.2 Å². The molecule has 162 valence electrons. The van der Waals surface area contributed by atoms with Gasteiger partial charge in [-0.05, 0) is 62.8 Å². The molecule has 1 aliphatic rings. The number of hydrogen-bond donors (Lipinski definition) is 0. The highest BCUT2D eigenvalue weighted by Gasteiger charge is 2.24. The molecule has 2 aromatic heterocycles. The van der Waals surface area contributed by atoms with Crippen molar-refractivity contribution in [3.05, 3.63) is 70.5 Å². The molecule has 0 aliphatic carbocycles. The molecule has 3 aromatic rings. The molecule has 0 saturated heterocycles. The monoisotopic (exact) mass is 415 g/mol. The van der Waals surface area contributed by atoms with Gasteiger partial charge in [0.15, 0.2) is 0 Å². The molecule has 0 radical (unpaired) electrons. The minimum Gasteiger partial charge on any atom is -0.491 e. The third kappa shape index (κ3) is 4.30. The molecule has 0 unspecified atom stereocenters. The fourth-order valence-corrected chi connectivity index (χ4v) is 4.54. The summed E-state index contributed by atoms with van der Waals surface area (Å²) >= 11 is 0. The minimum absolute atomic E-state index is 0.101. The highest BCUT2D eigenvalue weighted by molar-refractivity contribution is 5.70. The summed E-state index contributed by atoms with van der Waals surface area (Å²) in [5.74, 6) is 2.03. The molecule has 0 spiro atoms. The Bertz CT molecular complexity index is 1050. The first-order chi connectivity index (χ1) is 15.0. The SMILES string of the molecule is CCc1cccc(CC)c1-c1cc(OC(C)C)c(CN2CCc3cccnc32)c(C)n1. The summed E-state index contributed by atoms with van der Waals surface area (Å²) in [6.45, 7) is 12.5. The van der Waals surface area contributed by atoms with Crippen LogP contribution in [0.4, 0.5) is 5.82 Å². The van der Waals surface area contributed by atoms with E-state index in [9.17, 15) is 0 Å². The Morgan fingerprint density at radius 1 is 1.06 bits per heavy atom. The average molecular weight is 416 g/mol. The maximum absolute atomic E-state index is 6.35. The molecule has 1 aliphatic heterocycles. The van der Waals surface area contributed by atoms with Crippen LogP contribution in [0.25, 0.3) is 11.3 Å². The van der Waals surface area contributed by atoms with Gasteiger partial charge < -0.3 is 9.64 Å². The van der Waals surface area contributed by atoms with Gasteiger partial charge in [0.1, 0.15) is 11.6 Å². The van der Waals surface area contributed by atoms with Gasteiger partial charge in [-0.3, -0.25) is 4.98 Å². The number of ether oxygens (including phenoxy) is 1. The molecular formula is C27H33N3O. The van der Waals surface area contributed by atoms with E-state index in [0.29, 0.717) is 0 Å². The van der Waals surface area contributed by atoms with E-state index in [4.69, 9.17) is 9.72 Å². The van der Waals surface area contributed by atoms with E-state index < -0.39 is 0 Å². The van der Waals surface area contributed by atoms with E-state index in [0.717, 1.165) is 60.9 Å². The Kier molecular flexibility index (Phi) is 6.26. The molecule has 0 N–H and O–H groups in total. The second-order valence-electron chi connectivity index (χ2n) is 8.55. The fourth-order valence-electron chi connectivity index (χ4n) is 4.54. The van der Waals surface area contributed by atoms with Crippen LogP contribution in [0.5, 0.6) is 5.75 Å². The summed E-state index contributed by atoms with van der Waals surface area (Å²) in [4.78, 5) is 12.1. The van der Waals surface area contributed by atoms with Crippen LogP contribution < -0.4 is 9.64 Å². The quantitative estimate of drug-likeness (QED) is 0.480. The third-order valence-corrected chi connectivity index (χ3v) is 6.07. The lowest BCUT2D eigenvalue weighted by atomic mass is 9.94. The molecule has 0 amide bonds. The molecule has 0 saturated carbocycles. The standard InChI is InChI=1S/C27H33N3O/c1-6-20-10-8-11-21(7-2)26(20)24-16-25(31-18(3)4)23(19(5)29-24)17-30-15-13-22-12-9-14-28-27(22)30/h8-12,14,16,18H,6-7,13,15,17H2,1-5H3. The number of nitrogens with zero attached hydrogens (tertiary/aromatic N) is 3. The molecule has 3 heterocycles. The Morgan fingerprint density at radius 2 is 1.81 bits per heavy atom. The van der Waals surface area contributed by atoms with Crippen LogP contribution in [0, 0.1) is 6.92 Å². The summed E-state index contributed by atoms with van der Waals surface area (Å²) in [7, 11) is 0.